The van der Waals surface area contributed by atoms with Crippen LogP contribution in [0.25, 0.3) is 0 Å². The van der Waals surface area contributed by atoms with E-state index in [4.69, 9.17) is 9.84 Å². The van der Waals surface area contributed by atoms with Crippen LogP contribution in [0.1, 0.15) is 22.6 Å². The number of nitrogens with zero attached hydrogens (tertiary/aromatic N) is 3. The normalized spacial score (nSPS) is 11.4. The van der Waals surface area contributed by atoms with Gasteiger partial charge in [-0.05, 0) is 6.42 Å². The lowest BCUT2D eigenvalue weighted by atomic mass is 10.3. The van der Waals surface area contributed by atoms with Crippen LogP contribution in [0.3, 0.4) is 0 Å². The maximum absolute atomic E-state index is 12.8. The molecule has 1 amide bonds. The van der Waals surface area contributed by atoms with Crippen molar-refractivity contribution in [2.75, 3.05) is 20.3 Å². The zero-order chi connectivity index (χ0) is 16.0. The zero-order valence-corrected chi connectivity index (χ0v) is 11.0. The summed E-state index contributed by atoms with van der Waals surface area (Å²) in [5.74, 6) is -2.60. The standard InChI is InChI=1S/C10H13F3N4O4/c1-21-4-2-3-14-6(18)5-17-8(10(11,12)13)7(9(19)20)15-16-17/h2-5H2,1H3,(H,14,18)(H,19,20). The van der Waals surface area contributed by atoms with Crippen molar-refractivity contribution in [1.29, 1.82) is 0 Å². The highest BCUT2D eigenvalue weighted by atomic mass is 19.4. The molecule has 0 spiro atoms. The summed E-state index contributed by atoms with van der Waals surface area (Å²) in [6.07, 6.45) is -4.49. The molecule has 0 aromatic carbocycles. The molecule has 2 N–H and O–H groups in total. The van der Waals surface area contributed by atoms with E-state index in [0.29, 0.717) is 13.0 Å². The number of carboxylic acid groups (broad SMARTS) is 1. The molecule has 0 bridgehead atoms. The summed E-state index contributed by atoms with van der Waals surface area (Å²) in [6, 6.07) is 0. The summed E-state index contributed by atoms with van der Waals surface area (Å²) in [5.41, 5.74) is -2.81. The smallest absolute Gasteiger partial charge is 0.435 e. The number of carbonyl (C=O) groups excluding carboxylic acids is 1. The first-order valence-electron chi connectivity index (χ1n) is 5.77. The molecule has 0 unspecified atom stereocenters. The number of halogens is 3. The third kappa shape index (κ3) is 4.70. The number of carbonyl (C=O) groups is 2. The van der Waals surface area contributed by atoms with Gasteiger partial charge in [-0.15, -0.1) is 5.10 Å². The van der Waals surface area contributed by atoms with E-state index in [0.717, 1.165) is 0 Å². The molecule has 0 saturated heterocycles. The highest BCUT2D eigenvalue weighted by Crippen LogP contribution is 2.30. The summed E-state index contributed by atoms with van der Waals surface area (Å²) in [6.45, 7) is -0.169. The monoisotopic (exact) mass is 310 g/mol. The third-order valence-electron chi connectivity index (χ3n) is 2.35. The molecular formula is C10H13F3N4O4. The van der Waals surface area contributed by atoms with Crippen molar-refractivity contribution >= 4 is 11.9 Å². The number of aromatic carboxylic acids is 1. The van der Waals surface area contributed by atoms with E-state index in [1.807, 2.05) is 0 Å². The van der Waals surface area contributed by atoms with Gasteiger partial charge in [-0.2, -0.15) is 13.2 Å². The number of ether oxygens (including phenoxy) is 1. The van der Waals surface area contributed by atoms with Crippen LogP contribution in [0, 0.1) is 0 Å². The second-order valence-corrected chi connectivity index (χ2v) is 3.94. The number of alkyl halides is 3. The van der Waals surface area contributed by atoms with Crippen LogP contribution in [0.4, 0.5) is 13.2 Å². The first-order valence-corrected chi connectivity index (χ1v) is 5.77. The second-order valence-electron chi connectivity index (χ2n) is 3.94. The SMILES string of the molecule is COCCCNC(=O)Cn1nnc(C(=O)O)c1C(F)(F)F. The minimum Gasteiger partial charge on any atom is -0.476 e. The summed E-state index contributed by atoms with van der Waals surface area (Å²) in [4.78, 5) is 22.2. The van der Waals surface area contributed by atoms with Crippen molar-refractivity contribution in [2.24, 2.45) is 0 Å². The molecule has 1 aromatic rings. The first kappa shape index (κ1) is 16.9. The molecular weight excluding hydrogens is 297 g/mol. The maximum atomic E-state index is 12.8. The van der Waals surface area contributed by atoms with E-state index in [2.05, 4.69) is 15.6 Å². The Morgan fingerprint density at radius 3 is 2.62 bits per heavy atom. The van der Waals surface area contributed by atoms with Gasteiger partial charge in [0, 0.05) is 20.3 Å². The topological polar surface area (TPSA) is 106 Å². The fourth-order valence-corrected chi connectivity index (χ4v) is 1.48. The predicted octanol–water partition coefficient (Wildman–Crippen LogP) is 0.148. The maximum Gasteiger partial charge on any atom is 0.435 e. The Bertz CT molecular complexity index is 515. The molecule has 21 heavy (non-hydrogen) atoms. The minimum atomic E-state index is -4.98. The average molecular weight is 310 g/mol. The fraction of sp³-hybridized carbons (Fsp3) is 0.600. The Morgan fingerprint density at radius 2 is 2.10 bits per heavy atom. The number of methoxy groups -OCH3 is 1. The van der Waals surface area contributed by atoms with Gasteiger partial charge in [0.2, 0.25) is 11.6 Å². The lowest BCUT2D eigenvalue weighted by Crippen LogP contribution is -2.31. The minimum absolute atomic E-state index is 0.217. The van der Waals surface area contributed by atoms with Gasteiger partial charge in [-0.25, -0.2) is 9.48 Å². The van der Waals surface area contributed by atoms with Gasteiger partial charge in [-0.3, -0.25) is 4.79 Å². The molecule has 0 atom stereocenters. The number of amides is 1. The average Bonchev–Trinajstić information content (AvgIpc) is 2.78. The van der Waals surface area contributed by atoms with E-state index in [1.54, 1.807) is 0 Å². The van der Waals surface area contributed by atoms with Crippen molar-refractivity contribution in [3.8, 4) is 0 Å². The van der Waals surface area contributed by atoms with Crippen molar-refractivity contribution in [3.63, 3.8) is 0 Å². The van der Waals surface area contributed by atoms with E-state index < -0.39 is 36.0 Å². The lowest BCUT2D eigenvalue weighted by Gasteiger charge is -2.10. The van der Waals surface area contributed by atoms with Crippen molar-refractivity contribution in [2.45, 2.75) is 19.1 Å². The molecule has 0 aliphatic carbocycles. The third-order valence-corrected chi connectivity index (χ3v) is 2.35. The van der Waals surface area contributed by atoms with Gasteiger partial charge >= 0.3 is 12.1 Å². The summed E-state index contributed by atoms with van der Waals surface area (Å²) < 4.78 is 43.3. The van der Waals surface area contributed by atoms with Gasteiger partial charge in [0.1, 0.15) is 6.54 Å². The molecule has 0 aliphatic rings. The number of nitrogens with one attached hydrogen (secondary N) is 1. The van der Waals surface area contributed by atoms with E-state index in [-0.39, 0.29) is 11.2 Å². The van der Waals surface area contributed by atoms with Crippen LogP contribution in [-0.2, 0) is 22.3 Å². The van der Waals surface area contributed by atoms with E-state index in [1.165, 1.54) is 7.11 Å². The Labute approximate surface area is 116 Å². The zero-order valence-electron chi connectivity index (χ0n) is 11.0. The molecule has 1 aromatic heterocycles. The van der Waals surface area contributed by atoms with Crippen molar-refractivity contribution in [1.82, 2.24) is 20.3 Å². The number of rotatable bonds is 7. The Morgan fingerprint density at radius 1 is 1.43 bits per heavy atom. The van der Waals surface area contributed by atoms with Gasteiger partial charge in [0.15, 0.2) is 5.69 Å². The number of hydrogen-bond donors (Lipinski definition) is 2. The van der Waals surface area contributed by atoms with Crippen molar-refractivity contribution < 1.29 is 32.6 Å². The van der Waals surface area contributed by atoms with Crippen molar-refractivity contribution in [3.05, 3.63) is 11.4 Å². The Kier molecular flexibility index (Phi) is 5.64. The van der Waals surface area contributed by atoms with Crippen LogP contribution in [0.5, 0.6) is 0 Å². The molecule has 0 fully saturated rings. The quantitative estimate of drug-likeness (QED) is 0.694. The molecule has 118 valence electrons. The molecule has 0 saturated carbocycles. The summed E-state index contributed by atoms with van der Waals surface area (Å²) >= 11 is 0. The van der Waals surface area contributed by atoms with E-state index >= 15 is 0 Å². The Balaban J connectivity index is 2.80. The molecule has 1 heterocycles. The van der Waals surface area contributed by atoms with Gasteiger partial charge < -0.3 is 15.2 Å². The molecule has 11 heteroatoms. The van der Waals surface area contributed by atoms with Crippen LogP contribution in [-0.4, -0.2) is 52.2 Å². The summed E-state index contributed by atoms with van der Waals surface area (Å²) in [5, 5.41) is 17.0. The van der Waals surface area contributed by atoms with Crippen LogP contribution < -0.4 is 5.32 Å². The largest absolute Gasteiger partial charge is 0.476 e. The van der Waals surface area contributed by atoms with Crippen LogP contribution >= 0.6 is 0 Å². The number of aromatic nitrogens is 3. The molecule has 1 rings (SSSR count). The Hall–Kier alpha value is -2.17. The van der Waals surface area contributed by atoms with E-state index in [9.17, 15) is 22.8 Å². The van der Waals surface area contributed by atoms with Gasteiger partial charge in [-0.1, -0.05) is 5.21 Å². The predicted molar refractivity (Wildman–Crippen MR) is 61.5 cm³/mol. The molecule has 0 aliphatic heterocycles. The second kappa shape index (κ2) is 7.02. The van der Waals surface area contributed by atoms with Crippen LogP contribution in [0.2, 0.25) is 0 Å². The first-order chi connectivity index (χ1) is 9.77. The van der Waals surface area contributed by atoms with Gasteiger partial charge in [0.25, 0.3) is 0 Å². The fourth-order valence-electron chi connectivity index (χ4n) is 1.48. The molecule has 8 nitrogen and oxygen atoms in total. The summed E-state index contributed by atoms with van der Waals surface area (Å²) in [7, 11) is 1.47. The lowest BCUT2D eigenvalue weighted by molar-refractivity contribution is -0.145. The van der Waals surface area contributed by atoms with Gasteiger partial charge in [0.05, 0.1) is 0 Å². The van der Waals surface area contributed by atoms with Crippen LogP contribution in [0.15, 0.2) is 0 Å². The number of carboxylic acids is 1. The highest BCUT2D eigenvalue weighted by Gasteiger charge is 2.41. The molecule has 0 radical (unpaired) electrons. The highest BCUT2D eigenvalue weighted by molar-refractivity contribution is 5.87. The number of hydrogen-bond acceptors (Lipinski definition) is 5.